The first-order valence-electron chi connectivity index (χ1n) is 8.02. The predicted octanol–water partition coefficient (Wildman–Crippen LogP) is 3.61. The smallest absolute Gasteiger partial charge is 0.229 e. The molecule has 0 bridgehead atoms. The van der Waals surface area contributed by atoms with E-state index in [1.165, 1.54) is 5.56 Å². The molecule has 0 spiro atoms. The van der Waals surface area contributed by atoms with Gasteiger partial charge in [0.2, 0.25) is 5.69 Å². The molecule has 0 aliphatic heterocycles. The van der Waals surface area contributed by atoms with E-state index >= 15 is 0 Å². The van der Waals surface area contributed by atoms with Crippen LogP contribution in [0.2, 0.25) is 0 Å². The molecule has 2 aromatic heterocycles. The number of nitrogens with two attached hydrogens (primary N) is 1. The molecule has 0 atom stereocenters. The summed E-state index contributed by atoms with van der Waals surface area (Å²) in [5.41, 5.74) is 10.2. The minimum absolute atomic E-state index is 0.568. The van der Waals surface area contributed by atoms with E-state index in [4.69, 9.17) is 10.5 Å². The predicted molar refractivity (Wildman–Crippen MR) is 97.0 cm³/mol. The van der Waals surface area contributed by atoms with Gasteiger partial charge in [0, 0.05) is 17.7 Å². The number of benzene rings is 1. The lowest BCUT2D eigenvalue weighted by Crippen LogP contribution is -2.36. The van der Waals surface area contributed by atoms with Crippen molar-refractivity contribution in [2.24, 2.45) is 0 Å². The van der Waals surface area contributed by atoms with Crippen LogP contribution in [0.15, 0.2) is 67.4 Å². The van der Waals surface area contributed by atoms with E-state index < -0.39 is 0 Å². The molecule has 4 nitrogen and oxygen atoms in total. The summed E-state index contributed by atoms with van der Waals surface area (Å²) in [5, 5.41) is 0. The Bertz CT molecular complexity index is 837. The summed E-state index contributed by atoms with van der Waals surface area (Å²) in [5.74, 6) is 1.15. The Morgan fingerprint density at radius 3 is 2.67 bits per heavy atom. The van der Waals surface area contributed by atoms with Gasteiger partial charge in [0.25, 0.3) is 0 Å². The van der Waals surface area contributed by atoms with Gasteiger partial charge in [-0.3, -0.25) is 0 Å². The number of H-pyrrole nitrogens is 1. The zero-order valence-electron chi connectivity index (χ0n) is 13.8. The van der Waals surface area contributed by atoms with E-state index in [2.05, 4.69) is 52.7 Å². The van der Waals surface area contributed by atoms with Crippen LogP contribution in [0, 0.1) is 0 Å². The first kappa shape index (κ1) is 15.9. The van der Waals surface area contributed by atoms with Gasteiger partial charge in [-0.25, -0.2) is 0 Å². The van der Waals surface area contributed by atoms with Crippen LogP contribution in [0.1, 0.15) is 18.1 Å². The van der Waals surface area contributed by atoms with E-state index in [9.17, 15) is 0 Å². The topological polar surface area (TPSA) is 54.9 Å². The highest BCUT2D eigenvalue weighted by Gasteiger charge is 2.18. The molecule has 0 saturated carbocycles. The summed E-state index contributed by atoms with van der Waals surface area (Å²) >= 11 is 0. The fourth-order valence-electron chi connectivity index (χ4n) is 2.73. The molecule has 0 aliphatic carbocycles. The summed E-state index contributed by atoms with van der Waals surface area (Å²) in [4.78, 5) is 3.24. The summed E-state index contributed by atoms with van der Waals surface area (Å²) in [6.07, 6.45) is 2.07. The first-order valence-corrected chi connectivity index (χ1v) is 8.02. The van der Waals surface area contributed by atoms with Gasteiger partial charge in [0.15, 0.2) is 12.7 Å². The van der Waals surface area contributed by atoms with Crippen molar-refractivity contribution in [1.29, 1.82) is 0 Å². The maximum absolute atomic E-state index is 6.11. The minimum Gasteiger partial charge on any atom is -0.494 e. The van der Waals surface area contributed by atoms with Crippen LogP contribution in [0.3, 0.4) is 0 Å². The van der Waals surface area contributed by atoms with E-state index in [-0.39, 0.29) is 0 Å². The number of aromatic amines is 1. The lowest BCUT2D eigenvalue weighted by atomic mass is 10.2. The number of rotatable bonds is 6. The van der Waals surface area contributed by atoms with Crippen LogP contribution < -0.4 is 10.3 Å². The molecular formula is C20H22N3O+. The van der Waals surface area contributed by atoms with Gasteiger partial charge in [0.1, 0.15) is 17.3 Å². The molecule has 0 amide bonds. The highest BCUT2D eigenvalue weighted by Crippen LogP contribution is 2.26. The molecule has 2 heterocycles. The number of hydrogen-bond donors (Lipinski definition) is 2. The fourth-order valence-corrected chi connectivity index (χ4v) is 2.73. The van der Waals surface area contributed by atoms with Crippen molar-refractivity contribution in [3.8, 4) is 11.4 Å². The number of nitrogens with zero attached hydrogens (tertiary/aromatic N) is 1. The van der Waals surface area contributed by atoms with Crippen molar-refractivity contribution in [1.82, 2.24) is 4.98 Å². The normalized spacial score (nSPS) is 10.5. The second-order valence-electron chi connectivity index (χ2n) is 5.57. The van der Waals surface area contributed by atoms with Gasteiger partial charge in [-0.15, -0.1) is 0 Å². The number of ether oxygens (including phenoxy) is 1. The molecule has 3 rings (SSSR count). The third-order valence-corrected chi connectivity index (χ3v) is 3.88. The monoisotopic (exact) mass is 320 g/mol. The van der Waals surface area contributed by atoms with Crippen molar-refractivity contribution >= 4 is 11.6 Å². The average Bonchev–Trinajstić information content (AvgIpc) is 2.98. The Hall–Kier alpha value is -3.01. The van der Waals surface area contributed by atoms with E-state index in [0.29, 0.717) is 18.2 Å². The standard InChI is InChI=1S/C20H21N3O/c1-3-24-15(2)17-13-18(22-20(17)21)19-11-7-8-12-23(19)14-16-9-5-4-6-10-16/h4-13H,2-3,14H2,1H3,(H2,21,22)/p+1. The largest absolute Gasteiger partial charge is 0.494 e. The van der Waals surface area contributed by atoms with Gasteiger partial charge >= 0.3 is 0 Å². The van der Waals surface area contributed by atoms with Gasteiger partial charge in [-0.05, 0) is 19.1 Å². The number of aromatic nitrogens is 2. The molecule has 3 N–H and O–H groups in total. The second kappa shape index (κ2) is 7.04. The van der Waals surface area contributed by atoms with Gasteiger partial charge in [-0.1, -0.05) is 36.9 Å². The molecule has 0 unspecified atom stereocenters. The molecule has 0 fully saturated rings. The Kier molecular flexibility index (Phi) is 4.66. The van der Waals surface area contributed by atoms with Gasteiger partial charge in [-0.2, -0.15) is 4.57 Å². The molecule has 24 heavy (non-hydrogen) atoms. The van der Waals surface area contributed by atoms with Gasteiger partial charge in [0.05, 0.1) is 12.2 Å². The van der Waals surface area contributed by atoms with Crippen LogP contribution in [-0.4, -0.2) is 11.6 Å². The Morgan fingerprint density at radius 2 is 1.92 bits per heavy atom. The molecule has 1 aromatic carbocycles. The number of pyridine rings is 1. The van der Waals surface area contributed by atoms with Crippen LogP contribution in [0.25, 0.3) is 17.1 Å². The second-order valence-corrected chi connectivity index (χ2v) is 5.57. The summed E-state index contributed by atoms with van der Waals surface area (Å²) < 4.78 is 7.67. The Balaban J connectivity index is 1.96. The van der Waals surface area contributed by atoms with E-state index in [1.807, 2.05) is 31.2 Å². The molecule has 122 valence electrons. The molecular weight excluding hydrogens is 298 g/mol. The van der Waals surface area contributed by atoms with Crippen molar-refractivity contribution in [3.05, 3.63) is 78.5 Å². The van der Waals surface area contributed by atoms with Crippen LogP contribution in [-0.2, 0) is 11.3 Å². The van der Waals surface area contributed by atoms with Crippen LogP contribution in [0.4, 0.5) is 5.82 Å². The van der Waals surface area contributed by atoms with E-state index in [0.717, 1.165) is 23.5 Å². The quantitative estimate of drug-likeness (QED) is 0.538. The van der Waals surface area contributed by atoms with Crippen LogP contribution in [0.5, 0.6) is 0 Å². The molecule has 0 saturated heterocycles. The van der Waals surface area contributed by atoms with Crippen molar-refractivity contribution in [2.45, 2.75) is 13.5 Å². The van der Waals surface area contributed by atoms with E-state index in [1.54, 1.807) is 0 Å². The van der Waals surface area contributed by atoms with Crippen molar-refractivity contribution < 1.29 is 9.30 Å². The molecule has 0 aliphatic rings. The number of anilines is 1. The maximum Gasteiger partial charge on any atom is 0.229 e. The average molecular weight is 320 g/mol. The number of hydrogen-bond acceptors (Lipinski definition) is 2. The van der Waals surface area contributed by atoms with Crippen molar-refractivity contribution in [2.75, 3.05) is 12.3 Å². The lowest BCUT2D eigenvalue weighted by molar-refractivity contribution is -0.677. The first-order chi connectivity index (χ1) is 11.7. The minimum atomic E-state index is 0.568. The zero-order chi connectivity index (χ0) is 16.9. The fraction of sp³-hybridized carbons (Fsp3) is 0.150. The highest BCUT2D eigenvalue weighted by molar-refractivity contribution is 5.73. The molecule has 3 aromatic rings. The lowest BCUT2D eigenvalue weighted by Gasteiger charge is -2.04. The zero-order valence-corrected chi connectivity index (χ0v) is 13.8. The van der Waals surface area contributed by atoms with Crippen LogP contribution >= 0.6 is 0 Å². The summed E-state index contributed by atoms with van der Waals surface area (Å²) in [6, 6.07) is 18.5. The number of nitrogens with one attached hydrogen (secondary N) is 1. The highest BCUT2D eigenvalue weighted by atomic mass is 16.5. The molecule has 4 heteroatoms. The van der Waals surface area contributed by atoms with Gasteiger partial charge < -0.3 is 15.5 Å². The maximum atomic E-state index is 6.11. The summed E-state index contributed by atoms with van der Waals surface area (Å²) in [6.45, 7) is 7.23. The Morgan fingerprint density at radius 1 is 1.17 bits per heavy atom. The molecule has 0 radical (unpaired) electrons. The Labute approximate surface area is 142 Å². The third-order valence-electron chi connectivity index (χ3n) is 3.88. The summed E-state index contributed by atoms with van der Waals surface area (Å²) in [7, 11) is 0. The SMILES string of the molecule is C=C(OCC)c1cc(-c2cccc[n+]2Cc2ccccc2)[nH]c1N. The van der Waals surface area contributed by atoms with Crippen molar-refractivity contribution in [3.63, 3.8) is 0 Å². The third kappa shape index (κ3) is 3.33. The number of nitrogen functional groups attached to an aromatic ring is 1.